The third kappa shape index (κ3) is 2.30. The van der Waals surface area contributed by atoms with Crippen LogP contribution in [0.2, 0.25) is 0 Å². The van der Waals surface area contributed by atoms with E-state index >= 15 is 0 Å². The lowest BCUT2D eigenvalue weighted by molar-refractivity contribution is 0.174. The summed E-state index contributed by atoms with van der Waals surface area (Å²) in [5.74, 6) is 1.52. The van der Waals surface area contributed by atoms with Gasteiger partial charge < -0.3 is 20.1 Å². The van der Waals surface area contributed by atoms with Crippen LogP contribution in [0.3, 0.4) is 0 Å². The minimum absolute atomic E-state index is 0.288. The highest BCUT2D eigenvalue weighted by Gasteiger charge is 2.13. The zero-order valence-electron chi connectivity index (χ0n) is 8.37. The van der Waals surface area contributed by atoms with Crippen LogP contribution in [0.25, 0.3) is 0 Å². The van der Waals surface area contributed by atoms with E-state index in [1.807, 2.05) is 25.1 Å². The predicted molar refractivity (Wildman–Crippen MR) is 62.5 cm³/mol. The molecule has 15 heavy (non-hydrogen) atoms. The second-order valence-electron chi connectivity index (χ2n) is 3.05. The van der Waals surface area contributed by atoms with Crippen molar-refractivity contribution in [1.29, 1.82) is 0 Å². The molecular formula is C10H12N2O2S. The summed E-state index contributed by atoms with van der Waals surface area (Å²) < 4.78 is 10.5. The molecule has 1 aliphatic heterocycles. The van der Waals surface area contributed by atoms with Crippen LogP contribution in [0.15, 0.2) is 18.2 Å². The van der Waals surface area contributed by atoms with Gasteiger partial charge in [0.15, 0.2) is 16.6 Å². The quantitative estimate of drug-likeness (QED) is 0.749. The molecule has 0 spiro atoms. The van der Waals surface area contributed by atoms with Crippen LogP contribution in [0, 0.1) is 0 Å². The Balaban J connectivity index is 2.06. The molecule has 0 fully saturated rings. The van der Waals surface area contributed by atoms with Crippen LogP contribution in [-0.2, 0) is 0 Å². The second-order valence-corrected chi connectivity index (χ2v) is 3.46. The van der Waals surface area contributed by atoms with Crippen molar-refractivity contribution < 1.29 is 9.47 Å². The number of benzene rings is 1. The lowest BCUT2D eigenvalue weighted by atomic mass is 10.3. The third-order valence-electron chi connectivity index (χ3n) is 1.97. The van der Waals surface area contributed by atoms with Crippen molar-refractivity contribution in [3.63, 3.8) is 0 Å². The molecule has 2 N–H and O–H groups in total. The fourth-order valence-electron chi connectivity index (χ4n) is 1.31. The van der Waals surface area contributed by atoms with E-state index in [1.54, 1.807) is 0 Å². The Morgan fingerprint density at radius 1 is 1.40 bits per heavy atom. The summed E-state index contributed by atoms with van der Waals surface area (Å²) in [5, 5.41) is 6.68. The second kappa shape index (κ2) is 4.35. The molecule has 0 radical (unpaired) electrons. The molecule has 1 heterocycles. The summed E-state index contributed by atoms with van der Waals surface area (Å²) in [6.07, 6.45) is 0. The van der Waals surface area contributed by atoms with E-state index in [9.17, 15) is 0 Å². The van der Waals surface area contributed by atoms with Gasteiger partial charge in [-0.05, 0) is 31.3 Å². The lowest BCUT2D eigenvalue weighted by Crippen LogP contribution is -2.27. The fraction of sp³-hybridized carbons (Fsp3) is 0.300. The first kappa shape index (κ1) is 10.0. The van der Waals surface area contributed by atoms with Crippen molar-refractivity contribution in [3.8, 4) is 11.5 Å². The third-order valence-corrected chi connectivity index (χ3v) is 2.21. The summed E-state index contributed by atoms with van der Waals surface area (Å²) in [7, 11) is 0. The summed E-state index contributed by atoms with van der Waals surface area (Å²) in [5.41, 5.74) is 0.894. The standard InChI is InChI=1S/C10H12N2O2S/c1-2-11-10(15)12-7-3-4-8-9(5-7)14-6-13-8/h3-5H,2,6H2,1H3,(H2,11,12,15). The van der Waals surface area contributed by atoms with Gasteiger partial charge in [-0.1, -0.05) is 0 Å². The Kier molecular flexibility index (Phi) is 2.91. The van der Waals surface area contributed by atoms with Crippen LogP contribution < -0.4 is 20.1 Å². The number of anilines is 1. The average Bonchev–Trinajstić information content (AvgIpc) is 2.65. The minimum Gasteiger partial charge on any atom is -0.454 e. The maximum Gasteiger partial charge on any atom is 0.231 e. The number of hydrogen-bond donors (Lipinski definition) is 2. The molecule has 0 aliphatic carbocycles. The average molecular weight is 224 g/mol. The molecule has 0 saturated carbocycles. The highest BCUT2D eigenvalue weighted by Crippen LogP contribution is 2.34. The van der Waals surface area contributed by atoms with Gasteiger partial charge in [-0.3, -0.25) is 0 Å². The Morgan fingerprint density at radius 2 is 2.20 bits per heavy atom. The maximum absolute atomic E-state index is 5.25. The van der Waals surface area contributed by atoms with E-state index in [0.717, 1.165) is 23.7 Å². The van der Waals surface area contributed by atoms with Crippen molar-refractivity contribution in [2.45, 2.75) is 6.92 Å². The van der Waals surface area contributed by atoms with Gasteiger partial charge in [-0.25, -0.2) is 0 Å². The molecule has 1 aromatic rings. The molecule has 5 heteroatoms. The number of rotatable bonds is 2. The van der Waals surface area contributed by atoms with Crippen molar-refractivity contribution in [2.24, 2.45) is 0 Å². The topological polar surface area (TPSA) is 42.5 Å². The highest BCUT2D eigenvalue weighted by atomic mass is 32.1. The van der Waals surface area contributed by atoms with E-state index in [2.05, 4.69) is 10.6 Å². The van der Waals surface area contributed by atoms with Crippen LogP contribution in [0.4, 0.5) is 5.69 Å². The first-order valence-corrected chi connectivity index (χ1v) is 5.15. The number of hydrogen-bond acceptors (Lipinski definition) is 3. The lowest BCUT2D eigenvalue weighted by Gasteiger charge is -2.08. The Morgan fingerprint density at radius 3 is 3.00 bits per heavy atom. The monoisotopic (exact) mass is 224 g/mol. The summed E-state index contributed by atoms with van der Waals surface area (Å²) >= 11 is 5.07. The molecule has 0 unspecified atom stereocenters. The van der Waals surface area contributed by atoms with Gasteiger partial charge >= 0.3 is 0 Å². The Hall–Kier alpha value is -1.49. The van der Waals surface area contributed by atoms with Gasteiger partial charge in [0.1, 0.15) is 0 Å². The molecular weight excluding hydrogens is 212 g/mol. The molecule has 4 nitrogen and oxygen atoms in total. The van der Waals surface area contributed by atoms with Gasteiger partial charge in [-0.2, -0.15) is 0 Å². The van der Waals surface area contributed by atoms with Crippen molar-refractivity contribution >= 4 is 23.0 Å². The van der Waals surface area contributed by atoms with Crippen LogP contribution in [0.5, 0.6) is 11.5 Å². The smallest absolute Gasteiger partial charge is 0.231 e. The van der Waals surface area contributed by atoms with Crippen molar-refractivity contribution in [2.75, 3.05) is 18.7 Å². The SMILES string of the molecule is CCNC(=S)Nc1ccc2c(c1)OCO2. The van der Waals surface area contributed by atoms with Crippen LogP contribution in [-0.4, -0.2) is 18.5 Å². The zero-order valence-corrected chi connectivity index (χ0v) is 9.19. The Labute approximate surface area is 93.6 Å². The van der Waals surface area contributed by atoms with E-state index in [4.69, 9.17) is 21.7 Å². The largest absolute Gasteiger partial charge is 0.454 e. The molecule has 2 rings (SSSR count). The highest BCUT2D eigenvalue weighted by molar-refractivity contribution is 7.80. The van der Waals surface area contributed by atoms with Gasteiger partial charge in [0.05, 0.1) is 0 Å². The number of thiocarbonyl (C=S) groups is 1. The molecule has 0 aromatic heterocycles. The first-order valence-electron chi connectivity index (χ1n) is 4.74. The van der Waals surface area contributed by atoms with E-state index in [-0.39, 0.29) is 6.79 Å². The molecule has 80 valence electrons. The van der Waals surface area contributed by atoms with Gasteiger partial charge in [0.25, 0.3) is 0 Å². The van der Waals surface area contributed by atoms with Gasteiger partial charge in [0.2, 0.25) is 6.79 Å². The predicted octanol–water partition coefficient (Wildman–Crippen LogP) is 1.72. The van der Waals surface area contributed by atoms with Crippen molar-refractivity contribution in [3.05, 3.63) is 18.2 Å². The van der Waals surface area contributed by atoms with Gasteiger partial charge in [-0.15, -0.1) is 0 Å². The maximum atomic E-state index is 5.25. The minimum atomic E-state index is 0.288. The van der Waals surface area contributed by atoms with Crippen molar-refractivity contribution in [1.82, 2.24) is 5.32 Å². The van der Waals surface area contributed by atoms with E-state index < -0.39 is 0 Å². The number of ether oxygens (including phenoxy) is 2. The van der Waals surface area contributed by atoms with Crippen LogP contribution >= 0.6 is 12.2 Å². The van der Waals surface area contributed by atoms with Crippen LogP contribution in [0.1, 0.15) is 6.92 Å². The number of nitrogens with one attached hydrogen (secondary N) is 2. The summed E-state index contributed by atoms with van der Waals surface area (Å²) in [6.45, 7) is 3.08. The molecule has 1 aliphatic rings. The molecule has 0 atom stereocenters. The number of fused-ring (bicyclic) bond motifs is 1. The normalized spacial score (nSPS) is 12.3. The molecule has 1 aromatic carbocycles. The van der Waals surface area contributed by atoms with Gasteiger partial charge in [0, 0.05) is 18.3 Å². The fourth-order valence-corrected chi connectivity index (χ4v) is 1.57. The molecule has 0 amide bonds. The molecule has 0 saturated heterocycles. The van der Waals surface area contributed by atoms with E-state index in [0.29, 0.717) is 5.11 Å². The zero-order chi connectivity index (χ0) is 10.7. The summed E-state index contributed by atoms with van der Waals surface area (Å²) in [4.78, 5) is 0. The first-order chi connectivity index (χ1) is 7.29. The summed E-state index contributed by atoms with van der Waals surface area (Å²) in [6, 6.07) is 5.63. The molecule has 0 bridgehead atoms. The van der Waals surface area contributed by atoms with E-state index in [1.165, 1.54) is 0 Å². The Bertz CT molecular complexity index is 382.